The van der Waals surface area contributed by atoms with Crippen LogP contribution in [0.2, 0.25) is 0 Å². The van der Waals surface area contributed by atoms with E-state index in [1.54, 1.807) is 30.3 Å². The van der Waals surface area contributed by atoms with Crippen LogP contribution in [0, 0.1) is 10.1 Å². The Bertz CT molecular complexity index is 1050. The molecule has 1 atom stereocenters. The van der Waals surface area contributed by atoms with Gasteiger partial charge in [-0.1, -0.05) is 42.5 Å². The highest BCUT2D eigenvalue weighted by atomic mass is 16.6. The number of nitro groups is 1. The molecule has 1 aliphatic rings. The number of carboxylic acid groups (broad SMARTS) is 1. The van der Waals surface area contributed by atoms with Crippen LogP contribution >= 0.6 is 0 Å². The number of aliphatic hydroxyl groups is 1. The predicted molar refractivity (Wildman–Crippen MR) is 103 cm³/mol. The number of amides is 1. The number of aliphatic hydroxyl groups excluding tert-OH is 1. The van der Waals surface area contributed by atoms with E-state index in [1.165, 1.54) is 24.3 Å². The van der Waals surface area contributed by atoms with Gasteiger partial charge in [0.2, 0.25) is 0 Å². The van der Waals surface area contributed by atoms with E-state index >= 15 is 0 Å². The van der Waals surface area contributed by atoms with Crippen molar-refractivity contribution in [1.29, 1.82) is 0 Å². The molecule has 0 unspecified atom stereocenters. The summed E-state index contributed by atoms with van der Waals surface area (Å²) >= 11 is 0. The lowest BCUT2D eigenvalue weighted by atomic mass is 9.95. The van der Waals surface area contributed by atoms with E-state index in [1.807, 2.05) is 0 Å². The maximum Gasteiger partial charge on any atom is 0.295 e. The highest BCUT2D eigenvalue weighted by Gasteiger charge is 2.46. The Morgan fingerprint density at radius 2 is 1.80 bits per heavy atom. The monoisotopic (exact) mass is 409 g/mol. The first-order valence-electron chi connectivity index (χ1n) is 9.09. The molecule has 3 rings (SSSR count). The molecule has 2 aromatic carbocycles. The van der Waals surface area contributed by atoms with Gasteiger partial charge in [0, 0.05) is 30.2 Å². The lowest BCUT2D eigenvalue weighted by molar-refractivity contribution is -0.384. The molecule has 0 saturated carbocycles. The number of nitrogens with zero attached hydrogens (tertiary/aromatic N) is 2. The Kier molecular flexibility index (Phi) is 5.91. The summed E-state index contributed by atoms with van der Waals surface area (Å²) in [5.41, 5.74) is 0.114. The molecule has 0 bridgehead atoms. The molecule has 154 valence electrons. The number of non-ortho nitro benzene ring substituents is 1. The van der Waals surface area contributed by atoms with Gasteiger partial charge in [0.05, 0.1) is 16.5 Å². The maximum atomic E-state index is 12.8. The Hall–Kier alpha value is -4.01. The van der Waals surface area contributed by atoms with Crippen LogP contribution < -0.4 is 5.11 Å². The standard InChI is InChI=1S/C21H18N2O7/c24-16(25)10-5-11-22-18(14-8-4-9-15(12-14)23(29)30)17(20(27)21(22)28)19(26)13-6-2-1-3-7-13/h1-4,6-9,12,18,26H,5,10-11H2,(H,24,25)/p-1/t18-/m1/s1. The highest BCUT2D eigenvalue weighted by Crippen LogP contribution is 2.40. The molecule has 1 fully saturated rings. The number of carbonyl (C=O) groups excluding carboxylic acids is 3. The van der Waals surface area contributed by atoms with Crippen molar-refractivity contribution in [2.75, 3.05) is 6.54 Å². The van der Waals surface area contributed by atoms with Gasteiger partial charge in [0.15, 0.2) is 0 Å². The lowest BCUT2D eigenvalue weighted by Gasteiger charge is -2.25. The summed E-state index contributed by atoms with van der Waals surface area (Å²) in [4.78, 5) is 47.9. The van der Waals surface area contributed by atoms with E-state index in [0.717, 1.165) is 4.90 Å². The number of aliphatic carboxylic acids is 1. The van der Waals surface area contributed by atoms with E-state index in [2.05, 4.69) is 0 Å². The van der Waals surface area contributed by atoms with Crippen LogP contribution in [0.3, 0.4) is 0 Å². The van der Waals surface area contributed by atoms with Crippen LogP contribution in [0.5, 0.6) is 0 Å². The average molecular weight is 409 g/mol. The van der Waals surface area contributed by atoms with Gasteiger partial charge in [-0.25, -0.2) is 0 Å². The fourth-order valence-corrected chi connectivity index (χ4v) is 3.41. The zero-order chi connectivity index (χ0) is 21.8. The molecular formula is C21H17N2O7-. The normalized spacial score (nSPS) is 17.9. The molecule has 0 spiro atoms. The van der Waals surface area contributed by atoms with Crippen LogP contribution in [0.4, 0.5) is 5.69 Å². The Balaban J connectivity index is 2.13. The summed E-state index contributed by atoms with van der Waals surface area (Å²) in [6.45, 7) is -0.0997. The van der Waals surface area contributed by atoms with Crippen molar-refractivity contribution in [3.05, 3.63) is 81.4 Å². The van der Waals surface area contributed by atoms with Gasteiger partial charge in [0.1, 0.15) is 5.76 Å². The number of Topliss-reactive ketones (excluding diaryl/α,β-unsaturated/α-hetero) is 1. The molecule has 2 aromatic rings. The van der Waals surface area contributed by atoms with Gasteiger partial charge in [-0.3, -0.25) is 19.7 Å². The summed E-state index contributed by atoms with van der Waals surface area (Å²) in [6.07, 6.45) is -0.310. The number of likely N-dealkylation sites (tertiary alicyclic amines) is 1. The van der Waals surface area contributed by atoms with Gasteiger partial charge in [-0.2, -0.15) is 0 Å². The molecule has 1 aliphatic heterocycles. The second-order valence-corrected chi connectivity index (χ2v) is 6.69. The molecule has 30 heavy (non-hydrogen) atoms. The Morgan fingerprint density at radius 3 is 2.43 bits per heavy atom. The summed E-state index contributed by atoms with van der Waals surface area (Å²) in [5.74, 6) is -3.57. The minimum atomic E-state index is -1.30. The fourth-order valence-electron chi connectivity index (χ4n) is 3.41. The van der Waals surface area contributed by atoms with Crippen LogP contribution in [0.1, 0.15) is 30.0 Å². The number of ketones is 1. The Labute approximate surface area is 171 Å². The maximum absolute atomic E-state index is 12.8. The van der Waals surface area contributed by atoms with Crippen molar-refractivity contribution in [3.8, 4) is 0 Å². The smallest absolute Gasteiger partial charge is 0.295 e. The van der Waals surface area contributed by atoms with E-state index in [9.17, 15) is 34.7 Å². The molecule has 1 heterocycles. The van der Waals surface area contributed by atoms with Gasteiger partial charge in [0.25, 0.3) is 17.4 Å². The van der Waals surface area contributed by atoms with Crippen LogP contribution in [-0.4, -0.2) is 39.1 Å². The lowest BCUT2D eigenvalue weighted by Crippen LogP contribution is -2.32. The molecule has 0 radical (unpaired) electrons. The van der Waals surface area contributed by atoms with Crippen molar-refractivity contribution in [2.45, 2.75) is 18.9 Å². The first-order valence-corrected chi connectivity index (χ1v) is 9.09. The summed E-state index contributed by atoms with van der Waals surface area (Å²) in [5, 5.41) is 32.7. The van der Waals surface area contributed by atoms with Crippen molar-refractivity contribution in [3.63, 3.8) is 0 Å². The fraction of sp³-hybridized carbons (Fsp3) is 0.190. The Morgan fingerprint density at radius 1 is 1.10 bits per heavy atom. The first-order chi connectivity index (χ1) is 14.3. The van der Waals surface area contributed by atoms with E-state index in [4.69, 9.17) is 0 Å². The van der Waals surface area contributed by atoms with Crippen LogP contribution in [-0.2, 0) is 14.4 Å². The number of hydrogen-bond donors (Lipinski definition) is 1. The zero-order valence-corrected chi connectivity index (χ0v) is 15.7. The molecule has 9 nitrogen and oxygen atoms in total. The van der Waals surface area contributed by atoms with Crippen molar-refractivity contribution >= 4 is 29.1 Å². The second kappa shape index (κ2) is 8.56. The minimum absolute atomic E-state index is 0.0200. The molecule has 0 aromatic heterocycles. The van der Waals surface area contributed by atoms with Gasteiger partial charge < -0.3 is 19.9 Å². The topological polar surface area (TPSA) is 141 Å². The average Bonchev–Trinajstić information content (AvgIpc) is 2.98. The van der Waals surface area contributed by atoms with Crippen LogP contribution in [0.25, 0.3) is 5.76 Å². The number of benzene rings is 2. The van der Waals surface area contributed by atoms with E-state index in [-0.39, 0.29) is 36.2 Å². The molecule has 1 N–H and O–H groups in total. The third-order valence-corrected chi connectivity index (χ3v) is 4.76. The second-order valence-electron chi connectivity index (χ2n) is 6.69. The van der Waals surface area contributed by atoms with Crippen LogP contribution in [0.15, 0.2) is 60.2 Å². The quantitative estimate of drug-likeness (QED) is 0.240. The summed E-state index contributed by atoms with van der Waals surface area (Å²) in [6, 6.07) is 12.4. The number of rotatable bonds is 7. The first kappa shape index (κ1) is 20.7. The molecule has 9 heteroatoms. The highest BCUT2D eigenvalue weighted by molar-refractivity contribution is 6.46. The number of carbonyl (C=O) groups is 3. The third kappa shape index (κ3) is 4.04. The SMILES string of the molecule is O=C([O-])CCCN1C(=O)C(=O)C(=C(O)c2ccccc2)[C@H]1c1cccc([N+](=O)[O-])c1. The van der Waals surface area contributed by atoms with E-state index < -0.39 is 34.4 Å². The molecule has 1 amide bonds. The van der Waals surface area contributed by atoms with Gasteiger partial charge in [-0.05, 0) is 18.4 Å². The number of nitro benzene ring substituents is 1. The largest absolute Gasteiger partial charge is 0.550 e. The predicted octanol–water partition coefficient (Wildman–Crippen LogP) is 1.55. The zero-order valence-electron chi connectivity index (χ0n) is 15.7. The van der Waals surface area contributed by atoms with Crippen molar-refractivity contribution in [1.82, 2.24) is 4.90 Å². The summed E-state index contributed by atoms with van der Waals surface area (Å²) in [7, 11) is 0. The van der Waals surface area contributed by atoms with Gasteiger partial charge in [-0.15, -0.1) is 0 Å². The van der Waals surface area contributed by atoms with Crippen molar-refractivity contribution in [2.24, 2.45) is 0 Å². The van der Waals surface area contributed by atoms with Gasteiger partial charge >= 0.3 is 0 Å². The number of hydrogen-bond acceptors (Lipinski definition) is 7. The molecular weight excluding hydrogens is 392 g/mol. The molecule has 1 saturated heterocycles. The third-order valence-electron chi connectivity index (χ3n) is 4.76. The molecule has 0 aliphatic carbocycles. The minimum Gasteiger partial charge on any atom is -0.550 e. The van der Waals surface area contributed by atoms with Crippen molar-refractivity contribution < 1.29 is 29.5 Å². The summed E-state index contributed by atoms with van der Waals surface area (Å²) < 4.78 is 0. The van der Waals surface area contributed by atoms with E-state index in [0.29, 0.717) is 5.56 Å². The number of carboxylic acids is 1.